The summed E-state index contributed by atoms with van der Waals surface area (Å²) >= 11 is 11.9. The van der Waals surface area contributed by atoms with Crippen LogP contribution in [0, 0.1) is 0 Å². The summed E-state index contributed by atoms with van der Waals surface area (Å²) in [6.45, 7) is 1.30. The molecule has 0 bridgehead atoms. The fourth-order valence-corrected chi connectivity index (χ4v) is 2.06. The van der Waals surface area contributed by atoms with E-state index >= 15 is 0 Å². The summed E-state index contributed by atoms with van der Waals surface area (Å²) in [5.74, 6) is 0. The van der Waals surface area contributed by atoms with Gasteiger partial charge in [-0.1, -0.05) is 35.3 Å². The maximum Gasteiger partial charge on any atom is 0.287 e. The lowest BCUT2D eigenvalue weighted by molar-refractivity contribution is 0.182. The summed E-state index contributed by atoms with van der Waals surface area (Å²) in [5, 5.41) is 7.95. The monoisotopic (exact) mass is 327 g/mol. The Morgan fingerprint density at radius 3 is 2.67 bits per heavy atom. The maximum absolute atomic E-state index is 12.0. The zero-order valence-electron chi connectivity index (χ0n) is 11.5. The third-order valence-electron chi connectivity index (χ3n) is 2.89. The van der Waals surface area contributed by atoms with E-state index in [0.29, 0.717) is 30.4 Å². The van der Waals surface area contributed by atoms with Gasteiger partial charge in [0.25, 0.3) is 5.56 Å². The molecule has 1 N–H and O–H groups in total. The van der Waals surface area contributed by atoms with Crippen molar-refractivity contribution in [2.45, 2.75) is 13.1 Å². The highest BCUT2D eigenvalue weighted by Crippen LogP contribution is 2.17. The van der Waals surface area contributed by atoms with Crippen LogP contribution in [0.25, 0.3) is 0 Å². The summed E-state index contributed by atoms with van der Waals surface area (Å²) in [7, 11) is 1.56. The Morgan fingerprint density at radius 2 is 2.00 bits per heavy atom. The minimum absolute atomic E-state index is 0.120. The molecule has 0 aliphatic carbocycles. The second-order valence-corrected chi connectivity index (χ2v) is 5.19. The van der Waals surface area contributed by atoms with Crippen LogP contribution < -0.4 is 10.9 Å². The van der Waals surface area contributed by atoms with Crippen LogP contribution in [0.4, 0.5) is 5.69 Å². The van der Waals surface area contributed by atoms with E-state index in [2.05, 4.69) is 10.4 Å². The first kappa shape index (κ1) is 15.8. The molecule has 0 atom stereocenters. The highest BCUT2D eigenvalue weighted by Gasteiger charge is 2.08. The molecule has 2 aromatic rings. The number of methoxy groups -OCH3 is 1. The van der Waals surface area contributed by atoms with E-state index < -0.39 is 0 Å². The summed E-state index contributed by atoms with van der Waals surface area (Å²) in [6, 6.07) is 7.41. The van der Waals surface area contributed by atoms with Crippen molar-refractivity contribution in [1.82, 2.24) is 9.78 Å². The van der Waals surface area contributed by atoms with Crippen LogP contribution >= 0.6 is 23.2 Å². The van der Waals surface area contributed by atoms with Crippen LogP contribution in [0.1, 0.15) is 5.56 Å². The second kappa shape index (κ2) is 7.45. The van der Waals surface area contributed by atoms with Gasteiger partial charge < -0.3 is 10.1 Å². The molecule has 0 radical (unpaired) electrons. The molecule has 21 heavy (non-hydrogen) atoms. The molecule has 1 aromatic heterocycles. The molecule has 0 saturated heterocycles. The van der Waals surface area contributed by atoms with Gasteiger partial charge in [-0.25, -0.2) is 4.68 Å². The van der Waals surface area contributed by atoms with Crippen molar-refractivity contribution in [2.24, 2.45) is 0 Å². The molecule has 112 valence electrons. The molecule has 2 rings (SSSR count). The second-order valence-electron chi connectivity index (χ2n) is 4.37. The number of aromatic nitrogens is 2. The highest BCUT2D eigenvalue weighted by atomic mass is 35.5. The van der Waals surface area contributed by atoms with Gasteiger partial charge in [0.05, 0.1) is 25.0 Å². The van der Waals surface area contributed by atoms with Gasteiger partial charge in [0, 0.05) is 18.7 Å². The fraction of sp³-hybridized carbons (Fsp3) is 0.286. The SMILES string of the molecule is COCCn1ncc(NCc2ccc(Cl)cc2)c(Cl)c1=O. The summed E-state index contributed by atoms with van der Waals surface area (Å²) < 4.78 is 6.19. The Balaban J connectivity index is 2.08. The molecular weight excluding hydrogens is 313 g/mol. The van der Waals surface area contributed by atoms with Gasteiger partial charge in [-0.05, 0) is 17.7 Å². The van der Waals surface area contributed by atoms with Crippen molar-refractivity contribution < 1.29 is 4.74 Å². The number of nitrogens with zero attached hydrogens (tertiary/aromatic N) is 2. The third kappa shape index (κ3) is 4.20. The van der Waals surface area contributed by atoms with Crippen LogP contribution in [0.2, 0.25) is 10.0 Å². The van der Waals surface area contributed by atoms with E-state index in [1.807, 2.05) is 12.1 Å². The molecule has 5 nitrogen and oxygen atoms in total. The Labute approximate surface area is 132 Å². The first-order valence-corrected chi connectivity index (χ1v) is 7.10. The van der Waals surface area contributed by atoms with Crippen molar-refractivity contribution in [3.63, 3.8) is 0 Å². The minimum Gasteiger partial charge on any atom is -0.383 e. The van der Waals surface area contributed by atoms with Crippen molar-refractivity contribution in [3.8, 4) is 0 Å². The number of hydrogen-bond acceptors (Lipinski definition) is 4. The standard InChI is InChI=1S/C14H15Cl2N3O2/c1-21-7-6-19-14(20)13(16)12(9-18-19)17-8-10-2-4-11(15)5-3-10/h2-5,9,17H,6-8H2,1H3. The zero-order valence-corrected chi connectivity index (χ0v) is 13.0. The van der Waals surface area contributed by atoms with E-state index in [1.54, 1.807) is 19.2 Å². The molecule has 1 heterocycles. The number of hydrogen-bond donors (Lipinski definition) is 1. The van der Waals surface area contributed by atoms with Gasteiger partial charge in [0.2, 0.25) is 0 Å². The lowest BCUT2D eigenvalue weighted by Crippen LogP contribution is -2.26. The maximum atomic E-state index is 12.0. The van der Waals surface area contributed by atoms with E-state index in [-0.39, 0.29) is 10.6 Å². The fourth-order valence-electron chi connectivity index (χ4n) is 1.72. The van der Waals surface area contributed by atoms with Crippen molar-refractivity contribution in [2.75, 3.05) is 19.0 Å². The lowest BCUT2D eigenvalue weighted by atomic mass is 10.2. The number of benzene rings is 1. The topological polar surface area (TPSA) is 56.1 Å². The number of ether oxygens (including phenoxy) is 1. The molecule has 0 unspecified atom stereocenters. The summed E-state index contributed by atoms with van der Waals surface area (Å²) in [5.41, 5.74) is 1.19. The smallest absolute Gasteiger partial charge is 0.287 e. The van der Waals surface area contributed by atoms with E-state index in [4.69, 9.17) is 27.9 Å². The van der Waals surface area contributed by atoms with Gasteiger partial charge in [0.1, 0.15) is 5.02 Å². The van der Waals surface area contributed by atoms with Gasteiger partial charge >= 0.3 is 0 Å². The molecule has 7 heteroatoms. The first-order chi connectivity index (χ1) is 10.1. The van der Waals surface area contributed by atoms with Crippen molar-refractivity contribution in [1.29, 1.82) is 0 Å². The predicted molar refractivity (Wildman–Crippen MR) is 84.2 cm³/mol. The van der Waals surface area contributed by atoms with E-state index in [1.165, 1.54) is 10.9 Å². The highest BCUT2D eigenvalue weighted by molar-refractivity contribution is 6.32. The summed E-state index contributed by atoms with van der Waals surface area (Å²) in [6.07, 6.45) is 1.54. The Morgan fingerprint density at radius 1 is 1.29 bits per heavy atom. The number of nitrogens with one attached hydrogen (secondary N) is 1. The van der Waals surface area contributed by atoms with E-state index in [0.717, 1.165) is 5.56 Å². The van der Waals surface area contributed by atoms with Crippen LogP contribution in [-0.4, -0.2) is 23.5 Å². The first-order valence-electron chi connectivity index (χ1n) is 6.34. The largest absolute Gasteiger partial charge is 0.383 e. The predicted octanol–water partition coefficient (Wildman–Crippen LogP) is 2.81. The Bertz CT molecular complexity index is 656. The number of rotatable bonds is 6. The molecule has 0 aliphatic heterocycles. The molecule has 0 aliphatic rings. The lowest BCUT2D eigenvalue weighted by Gasteiger charge is -2.10. The zero-order chi connectivity index (χ0) is 15.2. The molecule has 0 amide bonds. The van der Waals surface area contributed by atoms with E-state index in [9.17, 15) is 4.79 Å². The van der Waals surface area contributed by atoms with Crippen molar-refractivity contribution >= 4 is 28.9 Å². The van der Waals surface area contributed by atoms with Gasteiger partial charge in [-0.15, -0.1) is 0 Å². The van der Waals surface area contributed by atoms with Gasteiger partial charge in [-0.2, -0.15) is 5.10 Å². The quantitative estimate of drug-likeness (QED) is 0.886. The molecule has 0 spiro atoms. The van der Waals surface area contributed by atoms with Crippen LogP contribution in [-0.2, 0) is 17.8 Å². The average Bonchev–Trinajstić information content (AvgIpc) is 2.49. The number of halogens is 2. The van der Waals surface area contributed by atoms with Crippen LogP contribution in [0.15, 0.2) is 35.3 Å². The Hall–Kier alpha value is -1.56. The number of anilines is 1. The van der Waals surface area contributed by atoms with Gasteiger partial charge in [0.15, 0.2) is 0 Å². The summed E-state index contributed by atoms with van der Waals surface area (Å²) in [4.78, 5) is 12.0. The minimum atomic E-state index is -0.338. The van der Waals surface area contributed by atoms with Gasteiger partial charge in [-0.3, -0.25) is 4.79 Å². The average molecular weight is 328 g/mol. The normalized spacial score (nSPS) is 10.6. The molecule has 0 fully saturated rings. The van der Waals surface area contributed by atoms with Crippen LogP contribution in [0.3, 0.4) is 0 Å². The Kier molecular flexibility index (Phi) is 5.61. The molecule has 1 aromatic carbocycles. The van der Waals surface area contributed by atoms with Crippen LogP contribution in [0.5, 0.6) is 0 Å². The molecule has 0 saturated carbocycles. The van der Waals surface area contributed by atoms with Crippen molar-refractivity contribution in [3.05, 3.63) is 56.4 Å². The molecular formula is C14H15Cl2N3O2. The third-order valence-corrected chi connectivity index (χ3v) is 3.51.